The van der Waals surface area contributed by atoms with Crippen molar-refractivity contribution in [3.05, 3.63) is 0 Å². The minimum atomic E-state index is 0.346. The molecule has 0 bridgehead atoms. The highest BCUT2D eigenvalue weighted by Gasteiger charge is 2.40. The van der Waals surface area contributed by atoms with E-state index in [1.807, 2.05) is 16.7 Å². The molecule has 1 unspecified atom stereocenters. The van der Waals surface area contributed by atoms with E-state index in [1.54, 1.807) is 0 Å². The molecule has 2 atom stereocenters. The van der Waals surface area contributed by atoms with Crippen LogP contribution in [0.15, 0.2) is 0 Å². The number of alkyl halides is 1. The monoisotopic (exact) mass is 269 g/mol. The second kappa shape index (κ2) is 2.55. The van der Waals surface area contributed by atoms with Crippen LogP contribution < -0.4 is 0 Å². The average Bonchev–Trinajstić information content (AvgIpc) is 1.92. The van der Waals surface area contributed by atoms with E-state index in [1.165, 1.54) is 5.75 Å². The van der Waals surface area contributed by atoms with E-state index in [9.17, 15) is 4.79 Å². The molecule has 4 heteroatoms. The third-order valence-electron chi connectivity index (χ3n) is 1.88. The van der Waals surface area contributed by atoms with Gasteiger partial charge in [-0.3, -0.25) is 4.79 Å². The maximum absolute atomic E-state index is 10.9. The predicted molar refractivity (Wildman–Crippen MR) is 50.4 cm³/mol. The SMILES string of the molecule is O=C1C[C@H]2SCC(I)CN12. The Morgan fingerprint density at radius 3 is 3.10 bits per heavy atom. The van der Waals surface area contributed by atoms with Crippen molar-refractivity contribution in [3.63, 3.8) is 0 Å². The van der Waals surface area contributed by atoms with Gasteiger partial charge in [0.15, 0.2) is 0 Å². The first-order valence-corrected chi connectivity index (χ1v) is 5.62. The largest absolute Gasteiger partial charge is 0.329 e. The summed E-state index contributed by atoms with van der Waals surface area (Å²) in [4.78, 5) is 12.9. The zero-order chi connectivity index (χ0) is 7.14. The number of amides is 1. The molecule has 0 saturated carbocycles. The summed E-state index contributed by atoms with van der Waals surface area (Å²) in [7, 11) is 0. The summed E-state index contributed by atoms with van der Waals surface area (Å²) in [6, 6.07) is 0. The lowest BCUT2D eigenvalue weighted by Crippen LogP contribution is -2.56. The number of halogens is 1. The van der Waals surface area contributed by atoms with Gasteiger partial charge < -0.3 is 4.90 Å². The van der Waals surface area contributed by atoms with E-state index in [-0.39, 0.29) is 0 Å². The lowest BCUT2D eigenvalue weighted by molar-refractivity contribution is -0.141. The minimum Gasteiger partial charge on any atom is -0.329 e. The summed E-state index contributed by atoms with van der Waals surface area (Å²) < 4.78 is 0.670. The maximum atomic E-state index is 10.9. The third kappa shape index (κ3) is 1.05. The molecule has 0 aromatic heterocycles. The first-order chi connectivity index (χ1) is 4.77. The summed E-state index contributed by atoms with van der Waals surface area (Å²) in [5.74, 6) is 1.56. The molecule has 10 heavy (non-hydrogen) atoms. The number of fused-ring (bicyclic) bond motifs is 1. The van der Waals surface area contributed by atoms with Gasteiger partial charge in [0.25, 0.3) is 0 Å². The predicted octanol–water partition coefficient (Wildman–Crippen LogP) is 1.10. The van der Waals surface area contributed by atoms with Crippen LogP contribution in [0.25, 0.3) is 0 Å². The Bertz CT molecular complexity index is 175. The van der Waals surface area contributed by atoms with Gasteiger partial charge in [0.1, 0.15) is 0 Å². The average molecular weight is 269 g/mol. The summed E-state index contributed by atoms with van der Waals surface area (Å²) in [5, 5.41) is 0.540. The fourth-order valence-corrected chi connectivity index (χ4v) is 3.50. The van der Waals surface area contributed by atoms with Crippen LogP contribution in [0.5, 0.6) is 0 Å². The van der Waals surface area contributed by atoms with Gasteiger partial charge in [0.05, 0.1) is 11.8 Å². The van der Waals surface area contributed by atoms with Gasteiger partial charge in [-0.25, -0.2) is 0 Å². The van der Waals surface area contributed by atoms with Crippen molar-refractivity contribution >= 4 is 40.3 Å². The zero-order valence-corrected chi connectivity index (χ0v) is 8.39. The second-order valence-corrected chi connectivity index (χ2v) is 5.61. The molecule has 56 valence electrons. The lowest BCUT2D eigenvalue weighted by atomic mass is 10.2. The van der Waals surface area contributed by atoms with Crippen molar-refractivity contribution < 1.29 is 4.79 Å². The highest BCUT2D eigenvalue weighted by molar-refractivity contribution is 14.1. The summed E-state index contributed by atoms with van der Waals surface area (Å²) in [6.07, 6.45) is 0.786. The van der Waals surface area contributed by atoms with E-state index >= 15 is 0 Å². The van der Waals surface area contributed by atoms with Crippen LogP contribution in [0.4, 0.5) is 0 Å². The molecule has 2 aliphatic rings. The molecule has 2 rings (SSSR count). The standard InChI is InChI=1S/C6H8INOS/c7-4-2-8-5(9)1-6(8)10-3-4/h4,6H,1-3H2/t4?,6-/m1/s1. The van der Waals surface area contributed by atoms with Gasteiger partial charge in [-0.2, -0.15) is 0 Å². The molecule has 2 saturated heterocycles. The fourth-order valence-electron chi connectivity index (χ4n) is 1.27. The molecule has 0 aromatic rings. The normalized spacial score (nSPS) is 38.9. The molecule has 0 N–H and O–H groups in total. The van der Waals surface area contributed by atoms with Crippen LogP contribution in [0.2, 0.25) is 0 Å². The summed E-state index contributed by atoms with van der Waals surface area (Å²) in [6.45, 7) is 0.983. The molecule has 1 amide bonds. The molecule has 0 aliphatic carbocycles. The Morgan fingerprint density at radius 1 is 1.70 bits per heavy atom. The van der Waals surface area contributed by atoms with Crippen LogP contribution >= 0.6 is 34.4 Å². The van der Waals surface area contributed by atoms with Gasteiger partial charge in [0, 0.05) is 16.2 Å². The molecule has 2 nitrogen and oxygen atoms in total. The van der Waals surface area contributed by atoms with Crippen LogP contribution in [0.1, 0.15) is 6.42 Å². The quantitative estimate of drug-likeness (QED) is 0.373. The smallest absolute Gasteiger partial charge is 0.226 e. The second-order valence-electron chi connectivity index (χ2n) is 2.64. The van der Waals surface area contributed by atoms with E-state index < -0.39 is 0 Å². The van der Waals surface area contributed by atoms with Crippen LogP contribution in [0, 0.1) is 0 Å². The third-order valence-corrected chi connectivity index (χ3v) is 4.71. The Balaban J connectivity index is 2.00. The van der Waals surface area contributed by atoms with E-state index in [4.69, 9.17) is 0 Å². The van der Waals surface area contributed by atoms with Crippen molar-refractivity contribution in [3.8, 4) is 0 Å². The van der Waals surface area contributed by atoms with Crippen molar-refractivity contribution in [1.82, 2.24) is 4.90 Å². The number of rotatable bonds is 0. The van der Waals surface area contributed by atoms with Crippen molar-refractivity contribution in [2.45, 2.75) is 15.7 Å². The molecular weight excluding hydrogens is 261 g/mol. The van der Waals surface area contributed by atoms with E-state index in [2.05, 4.69) is 22.6 Å². The lowest BCUT2D eigenvalue weighted by Gasteiger charge is -2.44. The van der Waals surface area contributed by atoms with E-state index in [0.29, 0.717) is 15.2 Å². The van der Waals surface area contributed by atoms with Crippen molar-refractivity contribution in [2.24, 2.45) is 0 Å². The van der Waals surface area contributed by atoms with Crippen molar-refractivity contribution in [2.75, 3.05) is 12.3 Å². The van der Waals surface area contributed by atoms with E-state index in [0.717, 1.165) is 13.0 Å². The number of nitrogens with zero attached hydrogens (tertiary/aromatic N) is 1. The Labute approximate surface area is 77.9 Å². The minimum absolute atomic E-state index is 0.346. The zero-order valence-electron chi connectivity index (χ0n) is 5.42. The first-order valence-electron chi connectivity index (χ1n) is 3.32. The highest BCUT2D eigenvalue weighted by atomic mass is 127. The Kier molecular flexibility index (Phi) is 1.84. The van der Waals surface area contributed by atoms with Gasteiger partial charge in [-0.05, 0) is 0 Å². The number of β-lactam (4-membered cyclic amide) rings is 1. The molecule has 0 spiro atoms. The number of hydrogen-bond acceptors (Lipinski definition) is 2. The number of thioether (sulfide) groups is 1. The van der Waals surface area contributed by atoms with Gasteiger partial charge >= 0.3 is 0 Å². The molecular formula is C6H8INOS. The molecule has 2 fully saturated rings. The fraction of sp³-hybridized carbons (Fsp3) is 0.833. The topological polar surface area (TPSA) is 20.3 Å². The van der Waals surface area contributed by atoms with Crippen molar-refractivity contribution in [1.29, 1.82) is 0 Å². The maximum Gasteiger partial charge on any atom is 0.226 e. The summed E-state index contributed by atoms with van der Waals surface area (Å²) in [5.41, 5.74) is 0. The van der Waals surface area contributed by atoms with Crippen LogP contribution in [0.3, 0.4) is 0 Å². The Hall–Kier alpha value is 0.550. The number of hydrogen-bond donors (Lipinski definition) is 0. The van der Waals surface area contributed by atoms with Gasteiger partial charge in [-0.15, -0.1) is 11.8 Å². The van der Waals surface area contributed by atoms with Gasteiger partial charge in [0.2, 0.25) is 5.91 Å². The van der Waals surface area contributed by atoms with Gasteiger partial charge in [-0.1, -0.05) is 22.6 Å². The van der Waals surface area contributed by atoms with Crippen LogP contribution in [-0.2, 0) is 4.79 Å². The molecule has 0 aromatic carbocycles. The first kappa shape index (κ1) is 7.21. The highest BCUT2D eigenvalue weighted by Crippen LogP contribution is 2.35. The number of carbonyl (C=O) groups excluding carboxylic acids is 1. The molecule has 0 radical (unpaired) electrons. The van der Waals surface area contributed by atoms with Crippen LogP contribution in [-0.4, -0.2) is 32.4 Å². The molecule has 2 aliphatic heterocycles. The Morgan fingerprint density at radius 2 is 2.50 bits per heavy atom. The summed E-state index contributed by atoms with van der Waals surface area (Å²) >= 11 is 4.33. The number of carbonyl (C=O) groups is 1. The molecule has 2 heterocycles.